The molecule has 0 unspecified atom stereocenters. The van der Waals surface area contributed by atoms with Gasteiger partial charge in [0, 0.05) is 0 Å². The number of ether oxygens (including phenoxy) is 2. The normalized spacial score (nSPS) is 10.3. The van der Waals surface area contributed by atoms with Gasteiger partial charge in [-0.25, -0.2) is 4.98 Å². The molecule has 0 fully saturated rings. The highest BCUT2D eigenvalue weighted by Gasteiger charge is 2.07. The Hall–Kier alpha value is -2.04. The number of hydrogen-bond donors (Lipinski definition) is 1. The first kappa shape index (κ1) is 9.51. The topological polar surface area (TPSA) is 70.3 Å². The third-order valence-corrected chi connectivity index (χ3v) is 2.08. The Morgan fingerprint density at radius 1 is 1.13 bits per heavy atom. The number of fused-ring (bicyclic) bond motifs is 1. The summed E-state index contributed by atoms with van der Waals surface area (Å²) in [6, 6.07) is 5.44. The van der Waals surface area contributed by atoms with Gasteiger partial charge in [0.05, 0.1) is 25.1 Å². The SMILES string of the molecule is COc1ccc2nc(N)nc(OC)c2c1. The molecule has 0 aliphatic carbocycles. The van der Waals surface area contributed by atoms with Gasteiger partial charge in [-0.3, -0.25) is 0 Å². The molecule has 2 N–H and O–H groups in total. The predicted octanol–water partition coefficient (Wildman–Crippen LogP) is 1.23. The molecule has 0 atom stereocenters. The summed E-state index contributed by atoms with van der Waals surface area (Å²) >= 11 is 0. The van der Waals surface area contributed by atoms with Crippen LogP contribution in [0.2, 0.25) is 0 Å². The summed E-state index contributed by atoms with van der Waals surface area (Å²) in [5.41, 5.74) is 6.27. The van der Waals surface area contributed by atoms with Gasteiger partial charge in [0.15, 0.2) is 0 Å². The first-order valence-corrected chi connectivity index (χ1v) is 4.40. The Morgan fingerprint density at radius 2 is 1.93 bits per heavy atom. The number of hydrogen-bond acceptors (Lipinski definition) is 5. The maximum Gasteiger partial charge on any atom is 0.226 e. The molecule has 0 saturated carbocycles. The van der Waals surface area contributed by atoms with Gasteiger partial charge in [0.2, 0.25) is 11.8 Å². The number of aromatic nitrogens is 2. The standard InChI is InChI=1S/C10H11N3O2/c1-14-6-3-4-8-7(5-6)9(15-2)13-10(11)12-8/h3-5H,1-2H3,(H2,11,12,13). The van der Waals surface area contributed by atoms with Crippen LogP contribution < -0.4 is 15.2 Å². The maximum atomic E-state index is 5.54. The zero-order valence-corrected chi connectivity index (χ0v) is 8.52. The third kappa shape index (κ3) is 1.63. The van der Waals surface area contributed by atoms with Crippen molar-refractivity contribution in [1.29, 1.82) is 0 Å². The molecule has 2 rings (SSSR count). The van der Waals surface area contributed by atoms with Crippen LogP contribution in [0.25, 0.3) is 10.9 Å². The Balaban J connectivity index is 2.73. The molecule has 0 radical (unpaired) electrons. The molecule has 0 saturated heterocycles. The van der Waals surface area contributed by atoms with Crippen molar-refractivity contribution in [2.45, 2.75) is 0 Å². The summed E-state index contributed by atoms with van der Waals surface area (Å²) in [4.78, 5) is 8.07. The number of nitrogens with zero attached hydrogens (tertiary/aromatic N) is 2. The molecular weight excluding hydrogens is 194 g/mol. The molecule has 0 spiro atoms. The second kappa shape index (κ2) is 3.61. The average Bonchev–Trinajstić information content (AvgIpc) is 2.27. The summed E-state index contributed by atoms with van der Waals surface area (Å²) in [5.74, 6) is 1.38. The van der Waals surface area contributed by atoms with Gasteiger partial charge in [-0.15, -0.1) is 0 Å². The van der Waals surface area contributed by atoms with Crippen molar-refractivity contribution in [2.24, 2.45) is 0 Å². The lowest BCUT2D eigenvalue weighted by Gasteiger charge is -2.06. The second-order valence-corrected chi connectivity index (χ2v) is 2.97. The van der Waals surface area contributed by atoms with Crippen LogP contribution in [0.1, 0.15) is 0 Å². The number of nitrogens with two attached hydrogens (primary N) is 1. The van der Waals surface area contributed by atoms with Crippen molar-refractivity contribution in [1.82, 2.24) is 9.97 Å². The maximum absolute atomic E-state index is 5.54. The van der Waals surface area contributed by atoms with Gasteiger partial charge in [-0.05, 0) is 18.2 Å². The van der Waals surface area contributed by atoms with E-state index in [9.17, 15) is 0 Å². The molecule has 0 aliphatic heterocycles. The first-order valence-electron chi connectivity index (χ1n) is 4.40. The minimum absolute atomic E-state index is 0.199. The van der Waals surface area contributed by atoms with Crippen molar-refractivity contribution in [3.05, 3.63) is 18.2 Å². The molecule has 0 amide bonds. The second-order valence-electron chi connectivity index (χ2n) is 2.97. The number of anilines is 1. The Labute approximate surface area is 86.8 Å². The lowest BCUT2D eigenvalue weighted by molar-refractivity contribution is 0.401. The third-order valence-electron chi connectivity index (χ3n) is 2.08. The highest BCUT2D eigenvalue weighted by atomic mass is 16.5. The van der Waals surface area contributed by atoms with Crippen molar-refractivity contribution in [3.8, 4) is 11.6 Å². The van der Waals surface area contributed by atoms with Crippen LogP contribution in [0.4, 0.5) is 5.95 Å². The largest absolute Gasteiger partial charge is 0.497 e. The lowest BCUT2D eigenvalue weighted by atomic mass is 10.2. The van der Waals surface area contributed by atoms with Crippen LogP contribution in [0.5, 0.6) is 11.6 Å². The van der Waals surface area contributed by atoms with Crippen molar-refractivity contribution in [3.63, 3.8) is 0 Å². The molecule has 5 heteroatoms. The Morgan fingerprint density at radius 3 is 2.60 bits per heavy atom. The van der Waals surface area contributed by atoms with E-state index in [-0.39, 0.29) is 5.95 Å². The summed E-state index contributed by atoms with van der Waals surface area (Å²) in [5, 5.41) is 0.783. The average molecular weight is 205 g/mol. The fraction of sp³-hybridized carbons (Fsp3) is 0.200. The van der Waals surface area contributed by atoms with Gasteiger partial charge < -0.3 is 15.2 Å². The molecule has 1 heterocycles. The molecule has 1 aromatic carbocycles. The van der Waals surface area contributed by atoms with Gasteiger partial charge >= 0.3 is 0 Å². The zero-order valence-electron chi connectivity index (χ0n) is 8.52. The summed E-state index contributed by atoms with van der Waals surface area (Å²) in [6.45, 7) is 0. The molecule has 0 bridgehead atoms. The summed E-state index contributed by atoms with van der Waals surface area (Å²) in [7, 11) is 3.15. The van der Waals surface area contributed by atoms with E-state index >= 15 is 0 Å². The molecule has 78 valence electrons. The Kier molecular flexibility index (Phi) is 2.29. The van der Waals surface area contributed by atoms with E-state index in [1.807, 2.05) is 18.2 Å². The van der Waals surface area contributed by atoms with Gasteiger partial charge in [0.25, 0.3) is 0 Å². The van der Waals surface area contributed by atoms with E-state index in [1.54, 1.807) is 14.2 Å². The number of nitrogen functional groups attached to an aromatic ring is 1. The molecule has 5 nitrogen and oxygen atoms in total. The minimum Gasteiger partial charge on any atom is -0.497 e. The Bertz CT molecular complexity index is 499. The van der Waals surface area contributed by atoms with Gasteiger partial charge in [-0.1, -0.05) is 0 Å². The quantitative estimate of drug-likeness (QED) is 0.798. The van der Waals surface area contributed by atoms with Gasteiger partial charge in [0.1, 0.15) is 5.75 Å². The van der Waals surface area contributed by atoms with E-state index < -0.39 is 0 Å². The van der Waals surface area contributed by atoms with Crippen LogP contribution in [0, 0.1) is 0 Å². The van der Waals surface area contributed by atoms with Crippen LogP contribution in [0.15, 0.2) is 18.2 Å². The van der Waals surface area contributed by atoms with E-state index in [1.165, 1.54) is 0 Å². The van der Waals surface area contributed by atoms with Crippen LogP contribution in [-0.4, -0.2) is 24.2 Å². The van der Waals surface area contributed by atoms with E-state index in [0.29, 0.717) is 5.88 Å². The molecule has 1 aromatic heterocycles. The van der Waals surface area contributed by atoms with Gasteiger partial charge in [-0.2, -0.15) is 4.98 Å². The monoisotopic (exact) mass is 205 g/mol. The summed E-state index contributed by atoms with van der Waals surface area (Å²) in [6.07, 6.45) is 0. The number of rotatable bonds is 2. The smallest absolute Gasteiger partial charge is 0.226 e. The van der Waals surface area contributed by atoms with E-state index in [2.05, 4.69) is 9.97 Å². The lowest BCUT2D eigenvalue weighted by Crippen LogP contribution is -1.98. The number of methoxy groups -OCH3 is 2. The summed E-state index contributed by atoms with van der Waals surface area (Å²) < 4.78 is 10.2. The highest BCUT2D eigenvalue weighted by Crippen LogP contribution is 2.26. The van der Waals surface area contributed by atoms with Crippen LogP contribution >= 0.6 is 0 Å². The van der Waals surface area contributed by atoms with Crippen LogP contribution in [-0.2, 0) is 0 Å². The fourth-order valence-electron chi connectivity index (χ4n) is 1.38. The van der Waals surface area contributed by atoms with E-state index in [4.69, 9.17) is 15.2 Å². The fourth-order valence-corrected chi connectivity index (χ4v) is 1.38. The van der Waals surface area contributed by atoms with Crippen LogP contribution in [0.3, 0.4) is 0 Å². The minimum atomic E-state index is 0.199. The highest BCUT2D eigenvalue weighted by molar-refractivity contribution is 5.85. The van der Waals surface area contributed by atoms with E-state index in [0.717, 1.165) is 16.7 Å². The van der Waals surface area contributed by atoms with Crippen molar-refractivity contribution >= 4 is 16.9 Å². The van der Waals surface area contributed by atoms with Crippen molar-refractivity contribution in [2.75, 3.05) is 20.0 Å². The number of benzene rings is 1. The van der Waals surface area contributed by atoms with Crippen molar-refractivity contribution < 1.29 is 9.47 Å². The molecular formula is C10H11N3O2. The zero-order chi connectivity index (χ0) is 10.8. The first-order chi connectivity index (χ1) is 7.24. The molecule has 2 aromatic rings. The molecule has 15 heavy (non-hydrogen) atoms. The predicted molar refractivity (Wildman–Crippen MR) is 57.1 cm³/mol. The molecule has 0 aliphatic rings.